The summed E-state index contributed by atoms with van der Waals surface area (Å²) >= 11 is 0. The molecule has 5 heteroatoms. The van der Waals surface area contributed by atoms with E-state index < -0.39 is 5.97 Å². The molecule has 1 saturated heterocycles. The van der Waals surface area contributed by atoms with Crippen molar-refractivity contribution in [3.05, 3.63) is 17.0 Å². The minimum atomic E-state index is -0.710. The van der Waals surface area contributed by atoms with Crippen molar-refractivity contribution in [2.75, 3.05) is 6.54 Å². The third kappa shape index (κ3) is 1.95. The lowest BCUT2D eigenvalue weighted by Gasteiger charge is -2.27. The van der Waals surface area contributed by atoms with Gasteiger partial charge >= 0.3 is 5.97 Å². The van der Waals surface area contributed by atoms with Crippen LogP contribution in [0.5, 0.6) is 0 Å². The zero-order chi connectivity index (χ0) is 11.7. The molecule has 2 unspecified atom stereocenters. The Morgan fingerprint density at radius 2 is 2.31 bits per heavy atom. The Bertz CT molecular complexity index is 380. The molecule has 0 amide bonds. The molecule has 1 aromatic rings. The number of aromatic nitrogens is 1. The van der Waals surface area contributed by atoms with E-state index in [-0.39, 0.29) is 12.0 Å². The second-order valence-electron chi connectivity index (χ2n) is 4.30. The number of hydrogen-bond donors (Lipinski definition) is 2. The third-order valence-corrected chi connectivity index (χ3v) is 3.19. The van der Waals surface area contributed by atoms with Gasteiger partial charge in [0.1, 0.15) is 5.76 Å². The standard InChI is InChI=1S/C11H16N2O3/c1-6-10(7(2)16-13-6)9-5-8(11(14)15)3-4-12-9/h8-9,12H,3-5H2,1-2H3,(H,14,15). The highest BCUT2D eigenvalue weighted by Crippen LogP contribution is 2.31. The predicted octanol–water partition coefficient (Wildman–Crippen LogP) is 1.42. The summed E-state index contributed by atoms with van der Waals surface area (Å²) in [5, 5.41) is 16.2. The zero-order valence-corrected chi connectivity index (χ0v) is 9.49. The van der Waals surface area contributed by atoms with Gasteiger partial charge < -0.3 is 14.9 Å². The van der Waals surface area contributed by atoms with E-state index in [0.717, 1.165) is 23.6 Å². The molecule has 1 aliphatic heterocycles. The molecule has 1 aliphatic rings. The Hall–Kier alpha value is -1.36. The Balaban J connectivity index is 2.19. The first kappa shape index (κ1) is 11.1. The van der Waals surface area contributed by atoms with Gasteiger partial charge in [0.25, 0.3) is 0 Å². The number of piperidine rings is 1. The van der Waals surface area contributed by atoms with E-state index in [4.69, 9.17) is 9.63 Å². The van der Waals surface area contributed by atoms with Gasteiger partial charge in [-0.2, -0.15) is 0 Å². The van der Waals surface area contributed by atoms with Crippen molar-refractivity contribution in [3.63, 3.8) is 0 Å². The fourth-order valence-corrected chi connectivity index (χ4v) is 2.35. The van der Waals surface area contributed by atoms with Crippen LogP contribution in [0, 0.1) is 19.8 Å². The monoisotopic (exact) mass is 224 g/mol. The van der Waals surface area contributed by atoms with Crippen LogP contribution in [0.15, 0.2) is 4.52 Å². The molecule has 2 heterocycles. The first-order valence-corrected chi connectivity index (χ1v) is 5.48. The molecule has 0 radical (unpaired) electrons. The lowest BCUT2D eigenvalue weighted by atomic mass is 9.88. The quantitative estimate of drug-likeness (QED) is 0.794. The fraction of sp³-hybridized carbons (Fsp3) is 0.636. The summed E-state index contributed by atoms with van der Waals surface area (Å²) in [5.74, 6) is -0.195. The lowest BCUT2D eigenvalue weighted by molar-refractivity contribution is -0.143. The molecule has 1 aromatic heterocycles. The molecule has 0 bridgehead atoms. The molecule has 0 aliphatic carbocycles. The maximum Gasteiger partial charge on any atom is 0.306 e. The number of carbonyl (C=O) groups is 1. The molecule has 0 aromatic carbocycles. The van der Waals surface area contributed by atoms with Crippen molar-refractivity contribution >= 4 is 5.97 Å². The molecule has 5 nitrogen and oxygen atoms in total. The maximum atomic E-state index is 11.0. The average molecular weight is 224 g/mol. The van der Waals surface area contributed by atoms with Crippen LogP contribution >= 0.6 is 0 Å². The first-order valence-electron chi connectivity index (χ1n) is 5.48. The second-order valence-corrected chi connectivity index (χ2v) is 4.30. The smallest absolute Gasteiger partial charge is 0.306 e. The van der Waals surface area contributed by atoms with E-state index in [0.29, 0.717) is 12.8 Å². The molecule has 1 fully saturated rings. The van der Waals surface area contributed by atoms with Gasteiger partial charge in [-0.3, -0.25) is 4.79 Å². The summed E-state index contributed by atoms with van der Waals surface area (Å²) in [4.78, 5) is 11.0. The largest absolute Gasteiger partial charge is 0.481 e. The van der Waals surface area contributed by atoms with E-state index in [1.54, 1.807) is 0 Å². The van der Waals surface area contributed by atoms with E-state index >= 15 is 0 Å². The molecule has 2 rings (SSSR count). The Morgan fingerprint density at radius 1 is 1.56 bits per heavy atom. The molecule has 16 heavy (non-hydrogen) atoms. The van der Waals surface area contributed by atoms with Crippen molar-refractivity contribution in [3.8, 4) is 0 Å². The highest BCUT2D eigenvalue weighted by atomic mass is 16.5. The fourth-order valence-electron chi connectivity index (χ4n) is 2.35. The maximum absolute atomic E-state index is 11.0. The van der Waals surface area contributed by atoms with Crippen molar-refractivity contribution < 1.29 is 14.4 Å². The van der Waals surface area contributed by atoms with Crippen LogP contribution in [0.2, 0.25) is 0 Å². The summed E-state index contributed by atoms with van der Waals surface area (Å²) in [6.45, 7) is 4.48. The van der Waals surface area contributed by atoms with Gasteiger partial charge in [0.15, 0.2) is 0 Å². The van der Waals surface area contributed by atoms with Crippen LogP contribution in [0.4, 0.5) is 0 Å². The average Bonchev–Trinajstić information content (AvgIpc) is 2.59. The zero-order valence-electron chi connectivity index (χ0n) is 9.49. The van der Waals surface area contributed by atoms with Gasteiger partial charge in [0.2, 0.25) is 0 Å². The van der Waals surface area contributed by atoms with Crippen molar-refractivity contribution in [1.82, 2.24) is 10.5 Å². The van der Waals surface area contributed by atoms with E-state index in [2.05, 4.69) is 10.5 Å². The van der Waals surface area contributed by atoms with Gasteiger partial charge in [0.05, 0.1) is 11.6 Å². The number of carboxylic acids is 1. The summed E-state index contributed by atoms with van der Waals surface area (Å²) < 4.78 is 5.11. The van der Waals surface area contributed by atoms with Crippen LogP contribution < -0.4 is 5.32 Å². The van der Waals surface area contributed by atoms with Gasteiger partial charge in [-0.15, -0.1) is 0 Å². The van der Waals surface area contributed by atoms with E-state index in [1.807, 2.05) is 13.8 Å². The summed E-state index contributed by atoms with van der Waals surface area (Å²) in [6.07, 6.45) is 1.30. The molecule has 0 spiro atoms. The number of nitrogens with one attached hydrogen (secondary N) is 1. The van der Waals surface area contributed by atoms with Crippen LogP contribution in [-0.4, -0.2) is 22.8 Å². The summed E-state index contributed by atoms with van der Waals surface area (Å²) in [7, 11) is 0. The molecule has 2 atom stereocenters. The number of aryl methyl sites for hydroxylation is 2. The lowest BCUT2D eigenvalue weighted by Crippen LogP contribution is -2.35. The van der Waals surface area contributed by atoms with Crippen LogP contribution in [-0.2, 0) is 4.79 Å². The van der Waals surface area contributed by atoms with Gasteiger partial charge in [0, 0.05) is 11.6 Å². The summed E-state index contributed by atoms with van der Waals surface area (Å²) in [6, 6.07) is 0.0566. The molecule has 88 valence electrons. The van der Waals surface area contributed by atoms with Gasteiger partial charge in [-0.05, 0) is 33.2 Å². The van der Waals surface area contributed by atoms with E-state index in [9.17, 15) is 4.79 Å². The molecule has 0 saturated carbocycles. The topological polar surface area (TPSA) is 75.4 Å². The molecule has 2 N–H and O–H groups in total. The highest BCUT2D eigenvalue weighted by Gasteiger charge is 2.30. The van der Waals surface area contributed by atoms with Crippen molar-refractivity contribution in [2.24, 2.45) is 5.92 Å². The summed E-state index contributed by atoms with van der Waals surface area (Å²) in [5.41, 5.74) is 1.87. The number of rotatable bonds is 2. The van der Waals surface area contributed by atoms with E-state index in [1.165, 1.54) is 0 Å². The predicted molar refractivity (Wildman–Crippen MR) is 57.1 cm³/mol. The first-order chi connectivity index (χ1) is 7.59. The number of nitrogens with zero attached hydrogens (tertiary/aromatic N) is 1. The normalized spacial score (nSPS) is 25.6. The number of carboxylic acid groups (broad SMARTS) is 1. The Morgan fingerprint density at radius 3 is 2.88 bits per heavy atom. The van der Waals surface area contributed by atoms with Crippen LogP contribution in [0.3, 0.4) is 0 Å². The molecular formula is C11H16N2O3. The number of hydrogen-bond acceptors (Lipinski definition) is 4. The number of aliphatic carboxylic acids is 1. The third-order valence-electron chi connectivity index (χ3n) is 3.19. The molecular weight excluding hydrogens is 208 g/mol. The minimum Gasteiger partial charge on any atom is -0.481 e. The van der Waals surface area contributed by atoms with Gasteiger partial charge in [-0.1, -0.05) is 5.16 Å². The van der Waals surface area contributed by atoms with Gasteiger partial charge in [-0.25, -0.2) is 0 Å². The highest BCUT2D eigenvalue weighted by molar-refractivity contribution is 5.70. The van der Waals surface area contributed by atoms with Crippen molar-refractivity contribution in [1.29, 1.82) is 0 Å². The Kier molecular flexibility index (Phi) is 2.96. The SMILES string of the molecule is Cc1noc(C)c1C1CC(C(=O)O)CCN1. The Labute approximate surface area is 93.8 Å². The van der Waals surface area contributed by atoms with Crippen LogP contribution in [0.25, 0.3) is 0 Å². The van der Waals surface area contributed by atoms with Crippen LogP contribution in [0.1, 0.15) is 35.9 Å². The van der Waals surface area contributed by atoms with Crippen molar-refractivity contribution in [2.45, 2.75) is 32.7 Å². The minimum absolute atomic E-state index is 0.0566. The second kappa shape index (κ2) is 4.25.